The number of aliphatic imine (C=N–C) groups is 1. The molecule has 6 nitrogen and oxygen atoms in total. The predicted molar refractivity (Wildman–Crippen MR) is 94.6 cm³/mol. The fraction of sp³-hybridized carbons (Fsp3) is 0.579. The zero-order valence-electron chi connectivity index (χ0n) is 15.7. The van der Waals surface area contributed by atoms with Gasteiger partial charge in [-0.15, -0.1) is 13.2 Å². The van der Waals surface area contributed by atoms with Gasteiger partial charge in [-0.05, 0) is 55.4 Å². The quantitative estimate of drug-likeness (QED) is 0.833. The molecule has 0 bridgehead atoms. The van der Waals surface area contributed by atoms with E-state index in [1.54, 1.807) is 20.2 Å². The van der Waals surface area contributed by atoms with Crippen molar-refractivity contribution < 1.29 is 27.4 Å². The summed E-state index contributed by atoms with van der Waals surface area (Å²) in [6, 6.07) is 4.19. The summed E-state index contributed by atoms with van der Waals surface area (Å²) in [4.78, 5) is 19.2. The van der Waals surface area contributed by atoms with Crippen LogP contribution < -0.4 is 10.5 Å². The number of amides is 1. The molecule has 1 fully saturated rings. The highest BCUT2D eigenvalue weighted by Gasteiger charge is 2.66. The number of alkyl halides is 3. The zero-order chi connectivity index (χ0) is 20.3. The first kappa shape index (κ1) is 19.0. The third-order valence-electron chi connectivity index (χ3n) is 6.46. The Hall–Kier alpha value is -2.29. The van der Waals surface area contributed by atoms with Crippen molar-refractivity contribution in [2.24, 2.45) is 16.1 Å². The van der Waals surface area contributed by atoms with Crippen LogP contribution in [0, 0.1) is 5.41 Å². The Morgan fingerprint density at radius 1 is 1.29 bits per heavy atom. The number of hydrogen-bond acceptors (Lipinski definition) is 5. The van der Waals surface area contributed by atoms with Crippen molar-refractivity contribution in [3.63, 3.8) is 0 Å². The molecule has 1 amide bonds. The molecule has 1 heterocycles. The molecule has 1 aliphatic heterocycles. The summed E-state index contributed by atoms with van der Waals surface area (Å²) >= 11 is 0. The van der Waals surface area contributed by atoms with Crippen LogP contribution in [0.15, 0.2) is 23.2 Å². The Morgan fingerprint density at radius 2 is 1.96 bits per heavy atom. The molecule has 4 rings (SSSR count). The number of methoxy groups -OCH3 is 1. The van der Waals surface area contributed by atoms with Gasteiger partial charge < -0.3 is 15.2 Å². The SMILES string of the molecule is COC1CCC2(CC1)Cc1ccc(OC(F)(F)F)cc1C21N=C(N)N(C)C1=O. The second kappa shape index (κ2) is 6.10. The second-order valence-corrected chi connectivity index (χ2v) is 7.80. The summed E-state index contributed by atoms with van der Waals surface area (Å²) in [5.41, 5.74) is 5.41. The molecule has 3 aliphatic rings. The molecule has 1 aromatic carbocycles. The Bertz CT molecular complexity index is 847. The van der Waals surface area contributed by atoms with E-state index >= 15 is 0 Å². The highest BCUT2D eigenvalue weighted by molar-refractivity contribution is 6.08. The third-order valence-corrected chi connectivity index (χ3v) is 6.46. The monoisotopic (exact) mass is 397 g/mol. The number of rotatable bonds is 2. The second-order valence-electron chi connectivity index (χ2n) is 7.80. The van der Waals surface area contributed by atoms with Gasteiger partial charge in [-0.25, -0.2) is 4.99 Å². The maximum atomic E-state index is 13.4. The van der Waals surface area contributed by atoms with Crippen molar-refractivity contribution >= 4 is 11.9 Å². The number of fused-ring (bicyclic) bond motifs is 3. The minimum absolute atomic E-state index is 0.0771. The lowest BCUT2D eigenvalue weighted by Crippen LogP contribution is -2.51. The molecule has 2 spiro atoms. The normalized spacial score (nSPS) is 32.2. The molecule has 0 radical (unpaired) electrons. The molecule has 152 valence electrons. The number of carbonyl (C=O) groups is 1. The van der Waals surface area contributed by atoms with Crippen LogP contribution in [0.1, 0.15) is 36.8 Å². The van der Waals surface area contributed by atoms with E-state index in [4.69, 9.17) is 10.5 Å². The number of benzene rings is 1. The molecule has 1 atom stereocenters. The number of nitrogens with zero attached hydrogens (tertiary/aromatic N) is 2. The topological polar surface area (TPSA) is 77.2 Å². The summed E-state index contributed by atoms with van der Waals surface area (Å²) in [7, 11) is 3.20. The van der Waals surface area contributed by atoms with Gasteiger partial charge >= 0.3 is 6.36 Å². The summed E-state index contributed by atoms with van der Waals surface area (Å²) < 4.78 is 47.8. The summed E-state index contributed by atoms with van der Waals surface area (Å²) in [6.45, 7) is 0. The van der Waals surface area contributed by atoms with Gasteiger partial charge in [0.05, 0.1) is 6.10 Å². The van der Waals surface area contributed by atoms with Crippen LogP contribution in [0.25, 0.3) is 0 Å². The first-order valence-electron chi connectivity index (χ1n) is 9.17. The Balaban J connectivity index is 1.84. The van der Waals surface area contributed by atoms with Gasteiger partial charge in [-0.1, -0.05) is 6.07 Å². The van der Waals surface area contributed by atoms with Crippen molar-refractivity contribution in [1.82, 2.24) is 4.90 Å². The van der Waals surface area contributed by atoms with Crippen molar-refractivity contribution in [2.75, 3.05) is 14.2 Å². The minimum atomic E-state index is -4.81. The van der Waals surface area contributed by atoms with Gasteiger partial charge in [0.25, 0.3) is 5.91 Å². The van der Waals surface area contributed by atoms with Crippen molar-refractivity contribution in [2.45, 2.75) is 50.1 Å². The highest BCUT2D eigenvalue weighted by atomic mass is 19.4. The predicted octanol–water partition coefficient (Wildman–Crippen LogP) is 2.70. The van der Waals surface area contributed by atoms with E-state index in [-0.39, 0.29) is 23.7 Å². The van der Waals surface area contributed by atoms with Gasteiger partial charge in [-0.2, -0.15) is 0 Å². The van der Waals surface area contributed by atoms with Gasteiger partial charge in [0.15, 0.2) is 11.5 Å². The molecular weight excluding hydrogens is 375 g/mol. The smallest absolute Gasteiger partial charge is 0.406 e. The molecule has 1 saturated carbocycles. The molecular formula is C19H22F3N3O3. The lowest BCUT2D eigenvalue weighted by atomic mass is 9.61. The number of likely N-dealkylation sites (N-methyl/N-ethyl adjacent to an activating group) is 1. The highest BCUT2D eigenvalue weighted by Crippen LogP contribution is 2.62. The van der Waals surface area contributed by atoms with Gasteiger partial charge in [0.1, 0.15) is 5.75 Å². The fourth-order valence-electron chi connectivity index (χ4n) is 5.10. The molecule has 1 unspecified atom stereocenters. The average Bonchev–Trinajstić information content (AvgIpc) is 3.02. The number of carbonyl (C=O) groups excluding carboxylic acids is 1. The molecule has 2 N–H and O–H groups in total. The maximum absolute atomic E-state index is 13.4. The lowest BCUT2D eigenvalue weighted by molar-refractivity contribution is -0.274. The third kappa shape index (κ3) is 2.59. The standard InChI is InChI=1S/C19H22F3N3O3/c1-25-15(26)18(24-16(25)23)14-9-13(28-19(20,21)22)4-3-11(14)10-17(18)7-5-12(27-2)6-8-17/h3-4,9,12H,5-8,10H2,1-2H3,(H2,23,24). The Labute approximate surface area is 160 Å². The van der Waals surface area contributed by atoms with Crippen molar-refractivity contribution in [3.05, 3.63) is 29.3 Å². The van der Waals surface area contributed by atoms with Crippen LogP contribution >= 0.6 is 0 Å². The molecule has 0 saturated heterocycles. The Kier molecular flexibility index (Phi) is 4.15. The average molecular weight is 397 g/mol. The first-order chi connectivity index (χ1) is 13.1. The van der Waals surface area contributed by atoms with Crippen LogP contribution in [-0.4, -0.2) is 43.4 Å². The summed E-state index contributed by atoms with van der Waals surface area (Å²) in [5.74, 6) is -0.582. The van der Waals surface area contributed by atoms with Gasteiger partial charge in [-0.3, -0.25) is 9.69 Å². The van der Waals surface area contributed by atoms with E-state index in [2.05, 4.69) is 9.73 Å². The van der Waals surface area contributed by atoms with Crippen molar-refractivity contribution in [1.29, 1.82) is 0 Å². The Morgan fingerprint density at radius 3 is 2.50 bits per heavy atom. The van der Waals surface area contributed by atoms with Crippen LogP contribution in [0.4, 0.5) is 13.2 Å². The van der Waals surface area contributed by atoms with Gasteiger partial charge in [0, 0.05) is 19.6 Å². The van der Waals surface area contributed by atoms with E-state index in [0.717, 1.165) is 18.4 Å². The number of nitrogens with two attached hydrogens (primary N) is 1. The number of guanidine groups is 1. The van der Waals surface area contributed by atoms with Crippen molar-refractivity contribution in [3.8, 4) is 5.75 Å². The maximum Gasteiger partial charge on any atom is 0.573 e. The van der Waals surface area contributed by atoms with E-state index in [1.165, 1.54) is 17.0 Å². The molecule has 9 heteroatoms. The largest absolute Gasteiger partial charge is 0.573 e. The minimum Gasteiger partial charge on any atom is -0.406 e. The van der Waals surface area contributed by atoms with Crippen LogP contribution in [0.5, 0.6) is 5.75 Å². The molecule has 0 aromatic heterocycles. The molecule has 2 aliphatic carbocycles. The van der Waals surface area contributed by atoms with Crippen LogP contribution in [0.3, 0.4) is 0 Å². The van der Waals surface area contributed by atoms with E-state index in [9.17, 15) is 18.0 Å². The number of hydrogen-bond donors (Lipinski definition) is 1. The lowest BCUT2D eigenvalue weighted by Gasteiger charge is -2.45. The van der Waals surface area contributed by atoms with E-state index in [0.29, 0.717) is 24.8 Å². The van der Waals surface area contributed by atoms with Crippen LogP contribution in [-0.2, 0) is 21.5 Å². The number of ether oxygens (including phenoxy) is 2. The van der Waals surface area contributed by atoms with Gasteiger partial charge in [0.2, 0.25) is 0 Å². The van der Waals surface area contributed by atoms with E-state index < -0.39 is 17.3 Å². The zero-order valence-corrected chi connectivity index (χ0v) is 15.7. The number of halogens is 3. The first-order valence-corrected chi connectivity index (χ1v) is 9.17. The molecule has 1 aromatic rings. The van der Waals surface area contributed by atoms with E-state index in [1.807, 2.05) is 0 Å². The fourth-order valence-corrected chi connectivity index (χ4v) is 5.10. The molecule has 28 heavy (non-hydrogen) atoms. The summed E-state index contributed by atoms with van der Waals surface area (Å²) in [5, 5.41) is 0. The summed E-state index contributed by atoms with van der Waals surface area (Å²) in [6.07, 6.45) is -1.30. The van der Waals surface area contributed by atoms with Crippen LogP contribution in [0.2, 0.25) is 0 Å².